The topological polar surface area (TPSA) is 39.9 Å². The van der Waals surface area contributed by atoms with Crippen LogP contribution in [0.4, 0.5) is 0 Å². The number of aromatic nitrogens is 3. The highest BCUT2D eigenvalue weighted by Gasteiger charge is 2.04. The van der Waals surface area contributed by atoms with Crippen LogP contribution in [0.1, 0.15) is 17.7 Å². The van der Waals surface area contributed by atoms with Crippen molar-refractivity contribution in [3.63, 3.8) is 0 Å². The second-order valence-electron chi connectivity index (χ2n) is 4.17. The van der Waals surface area contributed by atoms with Crippen LogP contribution in [-0.2, 0) is 13.0 Å². The van der Waals surface area contributed by atoms with Gasteiger partial charge in [0.15, 0.2) is 0 Å². The molecule has 2 aromatic rings. The fraction of sp³-hybridized carbons (Fsp3) is 0.385. The highest BCUT2D eigenvalue weighted by Crippen LogP contribution is 2.25. The molecule has 0 unspecified atom stereocenters. The summed E-state index contributed by atoms with van der Waals surface area (Å²) in [5.41, 5.74) is 2.12. The smallest absolute Gasteiger partial charge is 0.133 e. The van der Waals surface area contributed by atoms with Gasteiger partial charge in [0, 0.05) is 12.1 Å². The monoisotopic (exact) mass is 343 g/mol. The maximum absolute atomic E-state index is 5.66. The van der Waals surface area contributed by atoms with Crippen molar-refractivity contribution in [2.75, 3.05) is 13.0 Å². The molecule has 0 atom stereocenters. The lowest BCUT2D eigenvalue weighted by Gasteiger charge is -2.06. The number of nitrogens with zero attached hydrogens (tertiary/aromatic N) is 3. The maximum Gasteiger partial charge on any atom is 0.133 e. The number of aryl methyl sites for hydroxylation is 1. The molecule has 2 rings (SSSR count). The van der Waals surface area contributed by atoms with Crippen molar-refractivity contribution < 1.29 is 4.74 Å². The quantitative estimate of drug-likeness (QED) is 0.755. The summed E-state index contributed by atoms with van der Waals surface area (Å²) in [4.78, 5) is 0. The standard InChI is InChI=1S/C13H15BrClN3O/c1-19-13-5-4-10(7-12(13)14)8-18-9-11(16-17-18)3-2-6-15/h4-5,7,9H,2-3,6,8H2,1H3. The van der Waals surface area contributed by atoms with E-state index in [-0.39, 0.29) is 0 Å². The van der Waals surface area contributed by atoms with Gasteiger partial charge >= 0.3 is 0 Å². The van der Waals surface area contributed by atoms with Crippen LogP contribution < -0.4 is 4.74 Å². The first-order valence-electron chi connectivity index (χ1n) is 6.00. The Morgan fingerprint density at radius 3 is 2.95 bits per heavy atom. The molecule has 0 N–H and O–H groups in total. The van der Waals surface area contributed by atoms with Gasteiger partial charge in [-0.1, -0.05) is 11.3 Å². The number of alkyl halides is 1. The first-order chi connectivity index (χ1) is 9.22. The van der Waals surface area contributed by atoms with Gasteiger partial charge in [0.1, 0.15) is 5.75 Å². The number of halogens is 2. The van der Waals surface area contributed by atoms with E-state index in [4.69, 9.17) is 16.3 Å². The van der Waals surface area contributed by atoms with E-state index >= 15 is 0 Å². The Morgan fingerprint density at radius 2 is 2.26 bits per heavy atom. The van der Waals surface area contributed by atoms with E-state index < -0.39 is 0 Å². The Hall–Kier alpha value is -1.07. The van der Waals surface area contributed by atoms with E-state index in [1.807, 2.05) is 29.1 Å². The van der Waals surface area contributed by atoms with Crippen LogP contribution in [0.5, 0.6) is 5.75 Å². The summed E-state index contributed by atoms with van der Waals surface area (Å²) in [7, 11) is 1.65. The highest BCUT2D eigenvalue weighted by atomic mass is 79.9. The Morgan fingerprint density at radius 1 is 1.42 bits per heavy atom. The molecule has 102 valence electrons. The summed E-state index contributed by atoms with van der Waals surface area (Å²) in [5, 5.41) is 8.24. The van der Waals surface area contributed by atoms with Gasteiger partial charge < -0.3 is 4.74 Å². The average Bonchev–Trinajstić information content (AvgIpc) is 2.84. The van der Waals surface area contributed by atoms with Crippen LogP contribution in [0.3, 0.4) is 0 Å². The summed E-state index contributed by atoms with van der Waals surface area (Å²) in [5.74, 6) is 1.48. The molecule has 4 nitrogen and oxygen atoms in total. The molecule has 0 radical (unpaired) electrons. The summed E-state index contributed by atoms with van der Waals surface area (Å²) in [6, 6.07) is 5.98. The lowest BCUT2D eigenvalue weighted by Crippen LogP contribution is -2.00. The number of benzene rings is 1. The minimum absolute atomic E-state index is 0.651. The van der Waals surface area contributed by atoms with Crippen LogP contribution in [0.2, 0.25) is 0 Å². The fourth-order valence-corrected chi connectivity index (χ4v) is 2.50. The van der Waals surface area contributed by atoms with Crippen LogP contribution in [0, 0.1) is 0 Å². The molecule has 0 aliphatic carbocycles. The van der Waals surface area contributed by atoms with Crippen molar-refractivity contribution in [2.45, 2.75) is 19.4 Å². The zero-order valence-electron chi connectivity index (χ0n) is 10.6. The largest absolute Gasteiger partial charge is 0.496 e. The average molecular weight is 345 g/mol. The maximum atomic E-state index is 5.66. The molecule has 0 aliphatic rings. The SMILES string of the molecule is COc1ccc(Cn2cc(CCCCl)nn2)cc1Br. The molecule has 6 heteroatoms. The predicted octanol–water partition coefficient (Wildman–Crippen LogP) is 3.27. The first-order valence-corrected chi connectivity index (χ1v) is 7.33. The molecule has 0 spiro atoms. The lowest BCUT2D eigenvalue weighted by atomic mass is 10.2. The molecule has 1 aromatic carbocycles. The van der Waals surface area contributed by atoms with Gasteiger partial charge in [-0.15, -0.1) is 16.7 Å². The minimum atomic E-state index is 0.651. The number of methoxy groups -OCH3 is 1. The molecule has 0 saturated carbocycles. The Bertz CT molecular complexity index is 544. The van der Waals surface area contributed by atoms with Crippen molar-refractivity contribution in [3.8, 4) is 5.75 Å². The van der Waals surface area contributed by atoms with E-state index in [9.17, 15) is 0 Å². The van der Waals surface area contributed by atoms with Crippen molar-refractivity contribution in [1.29, 1.82) is 0 Å². The Balaban J connectivity index is 2.04. The van der Waals surface area contributed by atoms with Gasteiger partial charge in [0.2, 0.25) is 0 Å². The van der Waals surface area contributed by atoms with Crippen LogP contribution in [-0.4, -0.2) is 28.0 Å². The van der Waals surface area contributed by atoms with Crippen molar-refractivity contribution >= 4 is 27.5 Å². The summed E-state index contributed by atoms with van der Waals surface area (Å²) >= 11 is 9.14. The molecular formula is C13H15BrClN3O. The normalized spacial score (nSPS) is 10.7. The number of hydrogen-bond acceptors (Lipinski definition) is 3. The molecule has 0 fully saturated rings. The molecule has 1 aromatic heterocycles. The molecule has 0 saturated heterocycles. The van der Waals surface area contributed by atoms with Gasteiger partial charge in [-0.2, -0.15) is 0 Å². The highest BCUT2D eigenvalue weighted by molar-refractivity contribution is 9.10. The first kappa shape index (κ1) is 14.3. The Kier molecular flexibility index (Phi) is 5.22. The van der Waals surface area contributed by atoms with Gasteiger partial charge in [-0.05, 0) is 46.5 Å². The summed E-state index contributed by atoms with van der Waals surface area (Å²) in [6.07, 6.45) is 3.76. The zero-order valence-corrected chi connectivity index (χ0v) is 13.0. The second-order valence-corrected chi connectivity index (χ2v) is 5.40. The van der Waals surface area contributed by atoms with Gasteiger partial charge in [0.05, 0.1) is 23.8 Å². The molecule has 1 heterocycles. The van der Waals surface area contributed by atoms with Crippen LogP contribution in [0.25, 0.3) is 0 Å². The van der Waals surface area contributed by atoms with Crippen LogP contribution in [0.15, 0.2) is 28.9 Å². The minimum Gasteiger partial charge on any atom is -0.496 e. The second kappa shape index (κ2) is 6.91. The molecular weight excluding hydrogens is 330 g/mol. The van der Waals surface area contributed by atoms with E-state index in [2.05, 4.69) is 26.2 Å². The third kappa shape index (κ3) is 3.94. The van der Waals surface area contributed by atoms with E-state index in [0.717, 1.165) is 34.3 Å². The third-order valence-corrected chi connectivity index (χ3v) is 3.60. The van der Waals surface area contributed by atoms with Crippen molar-refractivity contribution in [1.82, 2.24) is 15.0 Å². The number of rotatable bonds is 6. The lowest BCUT2D eigenvalue weighted by molar-refractivity contribution is 0.412. The fourth-order valence-electron chi connectivity index (χ4n) is 1.77. The molecule has 0 aliphatic heterocycles. The van der Waals surface area contributed by atoms with Gasteiger partial charge in [-0.25, -0.2) is 4.68 Å². The van der Waals surface area contributed by atoms with E-state index in [1.165, 1.54) is 0 Å². The van der Waals surface area contributed by atoms with Crippen LogP contribution >= 0.6 is 27.5 Å². The summed E-state index contributed by atoms with van der Waals surface area (Å²) in [6.45, 7) is 0.691. The number of hydrogen-bond donors (Lipinski definition) is 0. The molecule has 0 bridgehead atoms. The van der Waals surface area contributed by atoms with E-state index in [0.29, 0.717) is 12.4 Å². The van der Waals surface area contributed by atoms with Gasteiger partial charge in [0.25, 0.3) is 0 Å². The third-order valence-electron chi connectivity index (χ3n) is 2.71. The zero-order chi connectivity index (χ0) is 13.7. The molecule has 19 heavy (non-hydrogen) atoms. The Labute approximate surface area is 125 Å². The molecule has 0 amide bonds. The van der Waals surface area contributed by atoms with E-state index in [1.54, 1.807) is 7.11 Å². The summed E-state index contributed by atoms with van der Waals surface area (Å²) < 4.78 is 7.98. The van der Waals surface area contributed by atoms with Crippen molar-refractivity contribution in [2.24, 2.45) is 0 Å². The van der Waals surface area contributed by atoms with Crippen molar-refractivity contribution in [3.05, 3.63) is 40.1 Å². The number of ether oxygens (including phenoxy) is 1. The predicted molar refractivity (Wildman–Crippen MR) is 78.9 cm³/mol. The van der Waals surface area contributed by atoms with Gasteiger partial charge in [-0.3, -0.25) is 0 Å².